The monoisotopic (exact) mass is 309 g/mol. The van der Waals surface area contributed by atoms with Crippen molar-refractivity contribution in [2.24, 2.45) is 0 Å². The van der Waals surface area contributed by atoms with Crippen LogP contribution in [0.2, 0.25) is 0 Å². The van der Waals surface area contributed by atoms with E-state index in [4.69, 9.17) is 23.7 Å². The Bertz CT molecular complexity index is 229. The molecule has 0 saturated heterocycles. The Morgan fingerprint density at radius 2 is 1.00 bits per heavy atom. The SMILES string of the molecule is CCCOCCOCCOCCOCCOCC[N+](=O)[O-]. The predicted molar refractivity (Wildman–Crippen MR) is 76.2 cm³/mol. The summed E-state index contributed by atoms with van der Waals surface area (Å²) in [5, 5.41) is 10.0. The first-order valence-electron chi connectivity index (χ1n) is 7.28. The van der Waals surface area contributed by atoms with Gasteiger partial charge in [-0.2, -0.15) is 0 Å². The van der Waals surface area contributed by atoms with Crippen LogP contribution in [0.25, 0.3) is 0 Å². The van der Waals surface area contributed by atoms with Crippen LogP contribution >= 0.6 is 0 Å². The third-order valence-corrected chi connectivity index (χ3v) is 2.25. The average molecular weight is 309 g/mol. The number of ether oxygens (including phenoxy) is 5. The van der Waals surface area contributed by atoms with E-state index in [0.29, 0.717) is 52.9 Å². The van der Waals surface area contributed by atoms with E-state index in [1.54, 1.807) is 0 Å². The molecule has 0 aliphatic heterocycles. The molecular weight excluding hydrogens is 282 g/mol. The van der Waals surface area contributed by atoms with Gasteiger partial charge in [0.2, 0.25) is 6.54 Å². The molecule has 0 aliphatic rings. The molecule has 0 aromatic carbocycles. The molecule has 0 N–H and O–H groups in total. The van der Waals surface area contributed by atoms with Gasteiger partial charge in [0.25, 0.3) is 0 Å². The van der Waals surface area contributed by atoms with Gasteiger partial charge in [0.05, 0.1) is 52.9 Å². The molecule has 0 atom stereocenters. The molecule has 0 aliphatic carbocycles. The van der Waals surface area contributed by atoms with Crippen molar-refractivity contribution in [3.8, 4) is 0 Å². The van der Waals surface area contributed by atoms with Crippen LogP contribution in [0, 0.1) is 10.1 Å². The highest BCUT2D eigenvalue weighted by molar-refractivity contribution is 4.36. The lowest BCUT2D eigenvalue weighted by atomic mass is 10.5. The van der Waals surface area contributed by atoms with E-state index in [1.807, 2.05) is 0 Å². The van der Waals surface area contributed by atoms with E-state index in [9.17, 15) is 10.1 Å². The van der Waals surface area contributed by atoms with Crippen molar-refractivity contribution < 1.29 is 28.6 Å². The molecular formula is C13H27NO7. The van der Waals surface area contributed by atoms with Crippen LogP contribution in [0.15, 0.2) is 0 Å². The number of hydrogen-bond donors (Lipinski definition) is 0. The summed E-state index contributed by atoms with van der Waals surface area (Å²) >= 11 is 0. The van der Waals surface area contributed by atoms with Gasteiger partial charge in [0.15, 0.2) is 0 Å². The molecule has 0 aromatic heterocycles. The molecule has 21 heavy (non-hydrogen) atoms. The fourth-order valence-corrected chi connectivity index (χ4v) is 1.27. The minimum Gasteiger partial charge on any atom is -0.379 e. The lowest BCUT2D eigenvalue weighted by Crippen LogP contribution is -2.14. The van der Waals surface area contributed by atoms with Gasteiger partial charge in [-0.05, 0) is 6.42 Å². The third-order valence-electron chi connectivity index (χ3n) is 2.25. The summed E-state index contributed by atoms with van der Waals surface area (Å²) in [5.41, 5.74) is 0. The van der Waals surface area contributed by atoms with Gasteiger partial charge >= 0.3 is 0 Å². The summed E-state index contributed by atoms with van der Waals surface area (Å²) in [6.07, 6.45) is 1.02. The Balaban J connectivity index is 2.95. The topological polar surface area (TPSA) is 89.3 Å². The average Bonchev–Trinajstić information content (AvgIpc) is 2.46. The fraction of sp³-hybridized carbons (Fsp3) is 1.00. The van der Waals surface area contributed by atoms with E-state index in [2.05, 4.69) is 6.92 Å². The maximum absolute atomic E-state index is 10.0. The van der Waals surface area contributed by atoms with Crippen molar-refractivity contribution in [3.63, 3.8) is 0 Å². The van der Waals surface area contributed by atoms with E-state index < -0.39 is 4.92 Å². The van der Waals surface area contributed by atoms with Crippen LogP contribution in [0.1, 0.15) is 13.3 Å². The fourth-order valence-electron chi connectivity index (χ4n) is 1.27. The first-order chi connectivity index (χ1) is 10.3. The van der Waals surface area contributed by atoms with Gasteiger partial charge in [-0.1, -0.05) is 6.92 Å². The van der Waals surface area contributed by atoms with Crippen molar-refractivity contribution in [1.29, 1.82) is 0 Å². The maximum atomic E-state index is 10.0. The largest absolute Gasteiger partial charge is 0.379 e. The molecule has 0 aromatic rings. The van der Waals surface area contributed by atoms with Crippen molar-refractivity contribution >= 4 is 0 Å². The molecule has 0 fully saturated rings. The quantitative estimate of drug-likeness (QED) is 0.222. The van der Waals surface area contributed by atoms with E-state index >= 15 is 0 Å². The van der Waals surface area contributed by atoms with Crippen LogP contribution in [-0.2, 0) is 23.7 Å². The smallest absolute Gasteiger partial charge is 0.226 e. The van der Waals surface area contributed by atoms with Gasteiger partial charge in [-0.15, -0.1) is 0 Å². The molecule has 0 saturated carbocycles. The maximum Gasteiger partial charge on any atom is 0.226 e. The molecule has 8 heteroatoms. The Hall–Kier alpha value is -0.800. The van der Waals surface area contributed by atoms with Crippen molar-refractivity contribution in [2.75, 3.05) is 72.6 Å². The molecule has 8 nitrogen and oxygen atoms in total. The Labute approximate surface area is 125 Å². The van der Waals surface area contributed by atoms with Gasteiger partial charge in [-0.25, -0.2) is 0 Å². The molecule has 0 radical (unpaired) electrons. The summed E-state index contributed by atoms with van der Waals surface area (Å²) in [7, 11) is 0. The second-order valence-electron chi connectivity index (χ2n) is 4.12. The molecule has 0 amide bonds. The minimum atomic E-state index is -0.410. The number of hydrogen-bond acceptors (Lipinski definition) is 7. The highest BCUT2D eigenvalue weighted by Gasteiger charge is 1.96. The molecule has 0 unspecified atom stereocenters. The molecule has 126 valence electrons. The second-order valence-corrected chi connectivity index (χ2v) is 4.12. The summed E-state index contributed by atoms with van der Waals surface area (Å²) < 4.78 is 26.1. The van der Waals surface area contributed by atoms with Crippen molar-refractivity contribution in [3.05, 3.63) is 10.1 Å². The normalized spacial score (nSPS) is 10.9. The van der Waals surface area contributed by atoms with Gasteiger partial charge in [-0.3, -0.25) is 10.1 Å². The number of nitro groups is 1. The third kappa shape index (κ3) is 19.2. The van der Waals surface area contributed by atoms with Gasteiger partial charge < -0.3 is 23.7 Å². The van der Waals surface area contributed by atoms with Crippen molar-refractivity contribution in [1.82, 2.24) is 0 Å². The molecule has 0 bridgehead atoms. The summed E-state index contributed by atoms with van der Waals surface area (Å²) in [6.45, 7) is 6.77. The van der Waals surface area contributed by atoms with Crippen LogP contribution in [0.3, 0.4) is 0 Å². The van der Waals surface area contributed by atoms with E-state index in [1.165, 1.54) is 0 Å². The molecule has 0 rings (SSSR count). The van der Waals surface area contributed by atoms with E-state index in [0.717, 1.165) is 13.0 Å². The van der Waals surface area contributed by atoms with Crippen LogP contribution in [0.5, 0.6) is 0 Å². The number of nitrogens with zero attached hydrogens (tertiary/aromatic N) is 1. The second kappa shape index (κ2) is 17.3. The minimum absolute atomic E-state index is 0.117. The zero-order valence-electron chi connectivity index (χ0n) is 12.8. The highest BCUT2D eigenvalue weighted by atomic mass is 16.6. The van der Waals surface area contributed by atoms with Gasteiger partial charge in [0.1, 0.15) is 6.61 Å². The van der Waals surface area contributed by atoms with Crippen LogP contribution in [-0.4, -0.2) is 77.5 Å². The highest BCUT2D eigenvalue weighted by Crippen LogP contribution is 1.84. The molecule has 0 spiro atoms. The Morgan fingerprint density at radius 3 is 1.33 bits per heavy atom. The Kier molecular flexibility index (Phi) is 16.6. The first-order valence-corrected chi connectivity index (χ1v) is 7.28. The summed E-state index contributed by atoms with van der Waals surface area (Å²) in [4.78, 5) is 9.60. The lowest BCUT2D eigenvalue weighted by Gasteiger charge is -2.07. The summed E-state index contributed by atoms with van der Waals surface area (Å²) in [5.74, 6) is 0. The van der Waals surface area contributed by atoms with Crippen molar-refractivity contribution in [2.45, 2.75) is 13.3 Å². The lowest BCUT2D eigenvalue weighted by molar-refractivity contribution is -0.483. The predicted octanol–water partition coefficient (Wildman–Crippen LogP) is 0.756. The van der Waals surface area contributed by atoms with Crippen LogP contribution < -0.4 is 0 Å². The summed E-state index contributed by atoms with van der Waals surface area (Å²) in [6, 6.07) is 0. The first kappa shape index (κ1) is 20.2. The Morgan fingerprint density at radius 1 is 0.667 bits per heavy atom. The standard InChI is InChI=1S/C13H27NO7/c1-2-4-17-6-8-19-10-12-21-13-11-20-9-7-18-5-3-14(15)16/h2-13H2,1H3. The van der Waals surface area contributed by atoms with E-state index in [-0.39, 0.29) is 13.2 Å². The number of rotatable bonds is 17. The van der Waals surface area contributed by atoms with Gasteiger partial charge in [0, 0.05) is 11.5 Å². The zero-order chi connectivity index (χ0) is 15.6. The zero-order valence-corrected chi connectivity index (χ0v) is 12.8. The molecule has 0 heterocycles. The van der Waals surface area contributed by atoms with Crippen LogP contribution in [0.4, 0.5) is 0 Å².